The van der Waals surface area contributed by atoms with Crippen molar-refractivity contribution in [3.63, 3.8) is 0 Å². The van der Waals surface area contributed by atoms with Gasteiger partial charge in [-0.05, 0) is 53.9 Å². The smallest absolute Gasteiger partial charge is 0.333 e. The van der Waals surface area contributed by atoms with E-state index < -0.39 is 27.9 Å². The van der Waals surface area contributed by atoms with Gasteiger partial charge in [0.05, 0.1) is 22.6 Å². The van der Waals surface area contributed by atoms with Crippen LogP contribution in [0.25, 0.3) is 0 Å². The Morgan fingerprint density at radius 2 is 1.94 bits per heavy atom. The van der Waals surface area contributed by atoms with Crippen LogP contribution in [0, 0.1) is 0 Å². The topological polar surface area (TPSA) is 138 Å². The quantitative estimate of drug-likeness (QED) is 0.452. The highest BCUT2D eigenvalue weighted by Crippen LogP contribution is 2.33. The maximum atomic E-state index is 13.1. The molecule has 3 N–H and O–H groups in total. The molecular formula is C21H16ClN5O5S2. The van der Waals surface area contributed by atoms with E-state index in [1.54, 1.807) is 6.07 Å². The summed E-state index contributed by atoms with van der Waals surface area (Å²) in [6.45, 7) is 0.768. The molecule has 3 aromatic rings. The van der Waals surface area contributed by atoms with E-state index in [-0.39, 0.29) is 26.5 Å². The minimum absolute atomic E-state index is 0.0839. The highest BCUT2D eigenvalue weighted by Gasteiger charge is 2.35. The van der Waals surface area contributed by atoms with Gasteiger partial charge in [-0.3, -0.25) is 9.59 Å². The van der Waals surface area contributed by atoms with E-state index in [1.165, 1.54) is 30.5 Å². The number of thiophene rings is 1. The Morgan fingerprint density at radius 1 is 1.12 bits per heavy atom. The predicted octanol–water partition coefficient (Wildman–Crippen LogP) is 3.00. The van der Waals surface area contributed by atoms with Crippen LogP contribution in [0.4, 0.5) is 22.0 Å². The lowest BCUT2D eigenvalue weighted by atomic mass is 9.92. The van der Waals surface area contributed by atoms with E-state index >= 15 is 0 Å². The summed E-state index contributed by atoms with van der Waals surface area (Å²) in [7, 11) is -4.08. The van der Waals surface area contributed by atoms with Crippen molar-refractivity contribution in [1.29, 1.82) is 0 Å². The number of imide groups is 1. The number of fused-ring (bicyclic) bond motifs is 3. The number of hydrogen-bond donors (Lipinski definition) is 3. The molecule has 0 unspecified atom stereocenters. The number of aromatic nitrogens is 1. The van der Waals surface area contributed by atoms with E-state index in [0.29, 0.717) is 5.56 Å². The van der Waals surface area contributed by atoms with Gasteiger partial charge in [0.15, 0.2) is 0 Å². The van der Waals surface area contributed by atoms with Crippen LogP contribution < -0.4 is 20.3 Å². The molecule has 0 spiro atoms. The van der Waals surface area contributed by atoms with Gasteiger partial charge in [0.2, 0.25) is 5.91 Å². The molecule has 0 atom stereocenters. The highest BCUT2D eigenvalue weighted by molar-refractivity contribution is 7.92. The van der Waals surface area contributed by atoms with E-state index in [1.807, 2.05) is 10.8 Å². The second-order valence-electron chi connectivity index (χ2n) is 7.53. The molecule has 4 amide bonds. The molecule has 13 heteroatoms. The lowest BCUT2D eigenvalue weighted by Crippen LogP contribution is -2.43. The second-order valence-corrected chi connectivity index (χ2v) is 11.2. The van der Waals surface area contributed by atoms with Crippen molar-refractivity contribution < 1.29 is 22.8 Å². The van der Waals surface area contributed by atoms with Crippen LogP contribution in [0.5, 0.6) is 0 Å². The molecular weight excluding hydrogens is 502 g/mol. The molecule has 5 rings (SSSR count). The maximum Gasteiger partial charge on any atom is 0.333 e. The first-order valence-electron chi connectivity index (χ1n) is 10.0. The van der Waals surface area contributed by atoms with Crippen LogP contribution in [0.15, 0.2) is 46.8 Å². The Balaban J connectivity index is 1.31. The van der Waals surface area contributed by atoms with E-state index in [4.69, 9.17) is 11.6 Å². The average molecular weight is 518 g/mol. The monoisotopic (exact) mass is 517 g/mol. The molecule has 174 valence electrons. The fourth-order valence-electron chi connectivity index (χ4n) is 3.93. The third kappa shape index (κ3) is 4.00. The molecule has 0 aliphatic carbocycles. The van der Waals surface area contributed by atoms with Gasteiger partial charge in [0.1, 0.15) is 10.0 Å². The zero-order valence-corrected chi connectivity index (χ0v) is 19.7. The Hall–Kier alpha value is -3.48. The number of nitrogens with one attached hydrogen (secondary N) is 3. The van der Waals surface area contributed by atoms with Gasteiger partial charge in [0.25, 0.3) is 15.9 Å². The molecule has 10 nitrogen and oxygen atoms in total. The number of hydrogen-bond acceptors (Lipinski definition) is 8. The van der Waals surface area contributed by atoms with Crippen LogP contribution in [0.1, 0.15) is 21.5 Å². The fraction of sp³-hybridized carbons (Fsp3) is 0.143. The van der Waals surface area contributed by atoms with Crippen molar-refractivity contribution in [3.8, 4) is 0 Å². The third-order valence-corrected chi connectivity index (χ3v) is 8.46. The zero-order chi connectivity index (χ0) is 24.0. The molecule has 0 fully saturated rings. The summed E-state index contributed by atoms with van der Waals surface area (Å²) < 4.78 is 26.5. The van der Waals surface area contributed by atoms with Crippen molar-refractivity contribution in [1.82, 2.24) is 9.71 Å². The molecule has 2 aliphatic heterocycles. The average Bonchev–Trinajstić information content (AvgIpc) is 3.44. The van der Waals surface area contributed by atoms with Crippen molar-refractivity contribution in [2.45, 2.75) is 17.1 Å². The Morgan fingerprint density at radius 3 is 2.65 bits per heavy atom. The maximum absolute atomic E-state index is 13.1. The van der Waals surface area contributed by atoms with Crippen molar-refractivity contribution in [2.24, 2.45) is 0 Å². The summed E-state index contributed by atoms with van der Waals surface area (Å²) in [6.07, 6.45) is 2.07. The van der Waals surface area contributed by atoms with Gasteiger partial charge in [-0.25, -0.2) is 27.8 Å². The number of carbonyl (C=O) groups excluding carboxylic acids is 3. The van der Waals surface area contributed by atoms with Crippen LogP contribution in [-0.4, -0.2) is 37.8 Å². The van der Waals surface area contributed by atoms with Gasteiger partial charge in [-0.15, -0.1) is 11.3 Å². The lowest BCUT2D eigenvalue weighted by Gasteiger charge is -2.27. The molecule has 0 radical (unpaired) electrons. The number of rotatable bonds is 4. The summed E-state index contributed by atoms with van der Waals surface area (Å²) in [6, 6.07) is 8.06. The Labute approximate surface area is 203 Å². The summed E-state index contributed by atoms with van der Waals surface area (Å²) in [5.74, 6) is -0.761. The first-order chi connectivity index (χ1) is 16.2. The number of amides is 4. The SMILES string of the molecule is O=C(Nc1ccc(N2C(=O)Cc3c(ccc4c3CCN4)C2=O)nc1)NS(=O)(=O)c1ccc(Cl)s1. The van der Waals surface area contributed by atoms with Gasteiger partial charge >= 0.3 is 6.03 Å². The lowest BCUT2D eigenvalue weighted by molar-refractivity contribution is -0.117. The molecule has 0 saturated heterocycles. The number of sulfonamides is 1. The normalized spacial score (nSPS) is 14.9. The van der Waals surface area contributed by atoms with Crippen molar-refractivity contribution >= 4 is 68.0 Å². The molecule has 1 aromatic carbocycles. The number of pyridine rings is 1. The summed E-state index contributed by atoms with van der Waals surface area (Å²) in [4.78, 5) is 43.2. The number of urea groups is 1. The largest absolute Gasteiger partial charge is 0.384 e. The molecule has 4 heterocycles. The molecule has 0 bridgehead atoms. The first kappa shape index (κ1) is 22.3. The van der Waals surface area contributed by atoms with E-state index in [9.17, 15) is 22.8 Å². The van der Waals surface area contributed by atoms with Crippen molar-refractivity contribution in [3.05, 3.63) is 63.6 Å². The molecule has 0 saturated carbocycles. The number of halogens is 1. The fourth-order valence-corrected chi connectivity index (χ4v) is 6.32. The van der Waals surface area contributed by atoms with Gasteiger partial charge in [-0.2, -0.15) is 0 Å². The van der Waals surface area contributed by atoms with Crippen molar-refractivity contribution in [2.75, 3.05) is 22.1 Å². The minimum atomic E-state index is -4.08. The minimum Gasteiger partial charge on any atom is -0.384 e. The van der Waals surface area contributed by atoms with Crippen LogP contribution in [-0.2, 0) is 27.7 Å². The predicted molar refractivity (Wildman–Crippen MR) is 127 cm³/mol. The van der Waals surface area contributed by atoms with Gasteiger partial charge in [0, 0.05) is 17.8 Å². The van der Waals surface area contributed by atoms with E-state index in [2.05, 4.69) is 15.6 Å². The summed E-state index contributed by atoms with van der Waals surface area (Å²) >= 11 is 6.56. The second kappa shape index (κ2) is 8.38. The van der Waals surface area contributed by atoms with Crippen LogP contribution in [0.2, 0.25) is 4.34 Å². The zero-order valence-electron chi connectivity index (χ0n) is 17.3. The summed E-state index contributed by atoms with van der Waals surface area (Å²) in [5.41, 5.74) is 3.32. The Bertz CT molecular complexity index is 1450. The molecule has 2 aromatic heterocycles. The van der Waals surface area contributed by atoms with Crippen LogP contribution in [0.3, 0.4) is 0 Å². The van der Waals surface area contributed by atoms with E-state index in [0.717, 1.165) is 46.0 Å². The highest BCUT2D eigenvalue weighted by atomic mass is 35.5. The summed E-state index contributed by atoms with van der Waals surface area (Å²) in [5, 5.41) is 5.59. The molecule has 2 aliphatic rings. The first-order valence-corrected chi connectivity index (χ1v) is 12.7. The number of anilines is 3. The van der Waals surface area contributed by atoms with Gasteiger partial charge in [-0.1, -0.05) is 11.6 Å². The number of carbonyl (C=O) groups is 3. The number of nitrogens with zero attached hydrogens (tertiary/aromatic N) is 2. The molecule has 34 heavy (non-hydrogen) atoms. The van der Waals surface area contributed by atoms with Crippen LogP contribution >= 0.6 is 22.9 Å². The number of benzene rings is 1. The Kier molecular flexibility index (Phi) is 5.50. The standard InChI is InChI=1S/C21H16ClN5O5S2/c22-16-4-6-19(33-16)34(31,32)26-21(30)25-11-1-5-17(24-10-11)27-18(28)9-14-12-7-8-23-15(12)3-2-13(14)20(27)29/h1-6,10,23H,7-9H2,(H2,25,26,30). The van der Waals surface area contributed by atoms with Gasteiger partial charge < -0.3 is 10.6 Å². The third-order valence-electron chi connectivity index (χ3n) is 5.41.